The molecule has 1 saturated heterocycles. The van der Waals surface area contributed by atoms with E-state index in [-0.39, 0.29) is 28.5 Å². The predicted octanol–water partition coefficient (Wildman–Crippen LogP) is 3.12. The predicted molar refractivity (Wildman–Crippen MR) is 118 cm³/mol. The third-order valence-electron chi connectivity index (χ3n) is 4.97. The molecule has 9 heteroatoms. The fourth-order valence-electron chi connectivity index (χ4n) is 3.31. The molecular formula is C21H27N3O4S2. The van der Waals surface area contributed by atoms with Gasteiger partial charge in [0.25, 0.3) is 10.0 Å². The molecule has 2 N–H and O–H groups in total. The first-order chi connectivity index (χ1) is 14.2. The SMILES string of the molecule is Cc1ccc(S(=O)(=O)N2CCC[C@@H]2C(=O)NCc2cccc(NC(=O)C(C)C)c2)s1. The molecule has 2 amide bonds. The third kappa shape index (κ3) is 5.08. The molecule has 1 aliphatic rings. The summed E-state index contributed by atoms with van der Waals surface area (Å²) in [5, 5.41) is 5.68. The molecule has 30 heavy (non-hydrogen) atoms. The van der Waals surface area contributed by atoms with Crippen LogP contribution in [0.5, 0.6) is 0 Å². The Morgan fingerprint density at radius 3 is 2.67 bits per heavy atom. The molecule has 7 nitrogen and oxygen atoms in total. The number of carbonyl (C=O) groups is 2. The van der Waals surface area contributed by atoms with Gasteiger partial charge in [0.15, 0.2) is 0 Å². The topological polar surface area (TPSA) is 95.6 Å². The first kappa shape index (κ1) is 22.5. The van der Waals surface area contributed by atoms with Crippen molar-refractivity contribution in [2.24, 2.45) is 5.92 Å². The van der Waals surface area contributed by atoms with E-state index in [2.05, 4.69) is 10.6 Å². The van der Waals surface area contributed by atoms with Gasteiger partial charge in [0.05, 0.1) is 0 Å². The van der Waals surface area contributed by atoms with Gasteiger partial charge >= 0.3 is 0 Å². The van der Waals surface area contributed by atoms with Crippen molar-refractivity contribution in [1.29, 1.82) is 0 Å². The van der Waals surface area contributed by atoms with Crippen molar-refractivity contribution >= 4 is 38.9 Å². The molecule has 0 bridgehead atoms. The Labute approximate surface area is 181 Å². The van der Waals surface area contributed by atoms with Crippen LogP contribution < -0.4 is 10.6 Å². The van der Waals surface area contributed by atoms with E-state index in [0.717, 1.165) is 10.4 Å². The number of aryl methyl sites for hydroxylation is 1. The van der Waals surface area contributed by atoms with Gasteiger partial charge in [-0.15, -0.1) is 11.3 Å². The number of carbonyl (C=O) groups excluding carboxylic acids is 2. The van der Waals surface area contributed by atoms with E-state index in [0.29, 0.717) is 25.1 Å². The Balaban J connectivity index is 1.65. The Morgan fingerprint density at radius 1 is 1.23 bits per heavy atom. The molecule has 0 aliphatic carbocycles. The van der Waals surface area contributed by atoms with Gasteiger partial charge < -0.3 is 10.6 Å². The van der Waals surface area contributed by atoms with E-state index in [1.165, 1.54) is 15.6 Å². The van der Waals surface area contributed by atoms with Crippen LogP contribution in [0.15, 0.2) is 40.6 Å². The van der Waals surface area contributed by atoms with E-state index in [1.54, 1.807) is 24.3 Å². The normalized spacial score (nSPS) is 17.3. The Hall–Kier alpha value is -2.23. The van der Waals surface area contributed by atoms with Gasteiger partial charge in [0.2, 0.25) is 11.8 Å². The molecule has 2 heterocycles. The van der Waals surface area contributed by atoms with Gasteiger partial charge in [0.1, 0.15) is 10.3 Å². The zero-order valence-electron chi connectivity index (χ0n) is 17.3. The van der Waals surface area contributed by atoms with Crippen LogP contribution in [0.2, 0.25) is 0 Å². The van der Waals surface area contributed by atoms with Gasteiger partial charge in [-0.05, 0) is 49.6 Å². The molecule has 3 rings (SSSR count). The molecule has 0 spiro atoms. The summed E-state index contributed by atoms with van der Waals surface area (Å²) in [5.74, 6) is -0.511. The molecule has 162 valence electrons. The monoisotopic (exact) mass is 449 g/mol. The van der Waals surface area contributed by atoms with E-state index in [9.17, 15) is 18.0 Å². The lowest BCUT2D eigenvalue weighted by molar-refractivity contribution is -0.124. The number of benzene rings is 1. The molecule has 1 fully saturated rings. The van der Waals surface area contributed by atoms with Gasteiger partial charge in [-0.3, -0.25) is 9.59 Å². The van der Waals surface area contributed by atoms with Gasteiger partial charge in [0, 0.05) is 29.6 Å². The van der Waals surface area contributed by atoms with Crippen LogP contribution in [0, 0.1) is 12.8 Å². The zero-order valence-corrected chi connectivity index (χ0v) is 19.0. The van der Waals surface area contributed by atoms with Crippen LogP contribution in [0.1, 0.15) is 37.1 Å². The summed E-state index contributed by atoms with van der Waals surface area (Å²) in [6.45, 7) is 6.09. The lowest BCUT2D eigenvalue weighted by Crippen LogP contribution is -2.45. The van der Waals surface area contributed by atoms with Gasteiger partial charge in [-0.2, -0.15) is 4.31 Å². The molecular weight excluding hydrogens is 422 g/mol. The van der Waals surface area contributed by atoms with Crippen LogP contribution in [0.25, 0.3) is 0 Å². The minimum Gasteiger partial charge on any atom is -0.351 e. The molecule has 1 atom stereocenters. The quantitative estimate of drug-likeness (QED) is 0.679. The Bertz CT molecular complexity index is 1030. The van der Waals surface area contributed by atoms with Crippen LogP contribution in [-0.2, 0) is 26.2 Å². The second-order valence-electron chi connectivity index (χ2n) is 7.70. The Kier molecular flexibility index (Phi) is 6.95. The van der Waals surface area contributed by atoms with Gasteiger partial charge in [-0.25, -0.2) is 8.42 Å². The van der Waals surface area contributed by atoms with E-state index in [1.807, 2.05) is 32.9 Å². The van der Waals surface area contributed by atoms with Crippen molar-refractivity contribution in [3.8, 4) is 0 Å². The highest BCUT2D eigenvalue weighted by Gasteiger charge is 2.39. The summed E-state index contributed by atoms with van der Waals surface area (Å²) in [4.78, 5) is 25.6. The van der Waals surface area contributed by atoms with Crippen molar-refractivity contribution in [2.75, 3.05) is 11.9 Å². The maximum atomic E-state index is 13.0. The third-order valence-corrected chi connectivity index (χ3v) is 8.35. The van der Waals surface area contributed by atoms with Crippen molar-refractivity contribution < 1.29 is 18.0 Å². The highest BCUT2D eigenvalue weighted by atomic mass is 32.2. The standard InChI is InChI=1S/C21H27N3O4S2/c1-14(2)20(25)23-17-7-4-6-16(12-17)13-22-21(26)18-8-5-11-24(18)30(27,28)19-10-9-15(3)29-19/h4,6-7,9-10,12,14,18H,5,8,11,13H2,1-3H3,(H,22,26)(H,23,25)/t18-/m1/s1. The highest BCUT2D eigenvalue weighted by molar-refractivity contribution is 7.91. The minimum atomic E-state index is -3.68. The van der Waals surface area contributed by atoms with Gasteiger partial charge in [-0.1, -0.05) is 26.0 Å². The maximum Gasteiger partial charge on any atom is 0.253 e. The molecule has 0 unspecified atom stereocenters. The van der Waals surface area contributed by atoms with Crippen LogP contribution in [-0.4, -0.2) is 37.1 Å². The van der Waals surface area contributed by atoms with Crippen molar-refractivity contribution in [3.05, 3.63) is 46.8 Å². The van der Waals surface area contributed by atoms with E-state index in [4.69, 9.17) is 0 Å². The molecule has 1 aliphatic heterocycles. The summed E-state index contributed by atoms with van der Waals surface area (Å²) in [7, 11) is -3.68. The zero-order chi connectivity index (χ0) is 21.9. The molecule has 0 radical (unpaired) electrons. The first-order valence-electron chi connectivity index (χ1n) is 9.94. The lowest BCUT2D eigenvalue weighted by atomic mass is 10.1. The number of hydrogen-bond acceptors (Lipinski definition) is 5. The second kappa shape index (κ2) is 9.28. The Morgan fingerprint density at radius 2 is 2.00 bits per heavy atom. The second-order valence-corrected chi connectivity index (χ2v) is 11.1. The average Bonchev–Trinajstić information content (AvgIpc) is 3.36. The fraction of sp³-hybridized carbons (Fsp3) is 0.429. The summed E-state index contributed by atoms with van der Waals surface area (Å²) in [6.07, 6.45) is 1.15. The minimum absolute atomic E-state index is 0.0770. The summed E-state index contributed by atoms with van der Waals surface area (Å²) in [6, 6.07) is 9.91. The number of nitrogens with zero attached hydrogens (tertiary/aromatic N) is 1. The summed E-state index contributed by atoms with van der Waals surface area (Å²) in [5.41, 5.74) is 1.49. The number of thiophene rings is 1. The van der Waals surface area contributed by atoms with Crippen molar-refractivity contribution in [2.45, 2.75) is 50.4 Å². The fourth-order valence-corrected chi connectivity index (χ4v) is 6.38. The molecule has 0 saturated carbocycles. The van der Waals surface area contributed by atoms with E-state index < -0.39 is 16.1 Å². The first-order valence-corrected chi connectivity index (χ1v) is 12.2. The number of amides is 2. The largest absolute Gasteiger partial charge is 0.351 e. The van der Waals surface area contributed by atoms with Crippen molar-refractivity contribution in [1.82, 2.24) is 9.62 Å². The summed E-state index contributed by atoms with van der Waals surface area (Å²) >= 11 is 1.22. The lowest BCUT2D eigenvalue weighted by Gasteiger charge is -2.22. The van der Waals surface area contributed by atoms with Crippen LogP contribution >= 0.6 is 11.3 Å². The van der Waals surface area contributed by atoms with E-state index >= 15 is 0 Å². The highest BCUT2D eigenvalue weighted by Crippen LogP contribution is 2.30. The number of nitrogens with one attached hydrogen (secondary N) is 2. The molecule has 1 aromatic carbocycles. The number of rotatable bonds is 7. The molecule has 2 aromatic rings. The van der Waals surface area contributed by atoms with Crippen molar-refractivity contribution in [3.63, 3.8) is 0 Å². The number of hydrogen-bond donors (Lipinski definition) is 2. The maximum absolute atomic E-state index is 13.0. The summed E-state index contributed by atoms with van der Waals surface area (Å²) < 4.78 is 27.5. The van der Waals surface area contributed by atoms with Crippen LogP contribution in [0.3, 0.4) is 0 Å². The molecule has 1 aromatic heterocycles. The number of sulfonamides is 1. The number of anilines is 1. The van der Waals surface area contributed by atoms with Crippen LogP contribution in [0.4, 0.5) is 5.69 Å². The smallest absolute Gasteiger partial charge is 0.253 e. The average molecular weight is 450 g/mol.